The van der Waals surface area contributed by atoms with Gasteiger partial charge in [-0.1, -0.05) is 24.3 Å². The Morgan fingerprint density at radius 3 is 2.56 bits per heavy atom. The fraction of sp³-hybridized carbons (Fsp3) is 0.444. The summed E-state index contributed by atoms with van der Waals surface area (Å²) in [7, 11) is -0.447. The van der Waals surface area contributed by atoms with Crippen LogP contribution in [0, 0.1) is 0 Å². The number of benzene rings is 2. The summed E-state index contributed by atoms with van der Waals surface area (Å²) in [5.41, 5.74) is -0.343. The number of hydrogen-bond donors (Lipinski definition) is 2. The van der Waals surface area contributed by atoms with E-state index >= 15 is 0 Å². The van der Waals surface area contributed by atoms with Crippen LogP contribution in [0.1, 0.15) is 12.8 Å². The molecule has 7 heteroatoms. The zero-order valence-electron chi connectivity index (χ0n) is 14.5. The van der Waals surface area contributed by atoms with Crippen molar-refractivity contribution < 1.29 is 17.9 Å². The Balaban J connectivity index is 1.91. The summed E-state index contributed by atoms with van der Waals surface area (Å²) < 4.78 is 39.2. The van der Waals surface area contributed by atoms with Gasteiger partial charge in [-0.15, -0.1) is 0 Å². The van der Waals surface area contributed by atoms with E-state index in [9.17, 15) is 8.42 Å². The van der Waals surface area contributed by atoms with Crippen molar-refractivity contribution in [1.82, 2.24) is 10.0 Å². The normalized spacial score (nSPS) is 20.9. The molecule has 25 heavy (non-hydrogen) atoms. The smallest absolute Gasteiger partial charge is 0.241 e. The summed E-state index contributed by atoms with van der Waals surface area (Å²) >= 11 is 0. The average molecular weight is 364 g/mol. The van der Waals surface area contributed by atoms with E-state index in [-0.39, 0.29) is 10.4 Å². The summed E-state index contributed by atoms with van der Waals surface area (Å²) in [5, 5.41) is 4.80. The average Bonchev–Trinajstić information content (AvgIpc) is 3.08. The molecule has 0 spiro atoms. The molecule has 136 valence electrons. The number of ether oxygens (including phenoxy) is 2. The molecule has 0 aliphatic carbocycles. The molecule has 1 heterocycles. The molecule has 0 radical (unpaired) electrons. The molecule has 6 nitrogen and oxygen atoms in total. The van der Waals surface area contributed by atoms with E-state index in [1.165, 1.54) is 0 Å². The summed E-state index contributed by atoms with van der Waals surface area (Å²) in [6, 6.07) is 10.6. The van der Waals surface area contributed by atoms with Crippen molar-refractivity contribution in [2.24, 2.45) is 0 Å². The summed E-state index contributed by atoms with van der Waals surface area (Å²) in [4.78, 5) is 0.259. The first-order valence-corrected chi connectivity index (χ1v) is 9.79. The van der Waals surface area contributed by atoms with E-state index in [4.69, 9.17) is 9.47 Å². The number of hydrogen-bond acceptors (Lipinski definition) is 5. The highest BCUT2D eigenvalue weighted by Gasteiger charge is 2.35. The molecular weight excluding hydrogens is 340 g/mol. The predicted octanol–water partition coefficient (Wildman–Crippen LogP) is 1.90. The van der Waals surface area contributed by atoms with Crippen LogP contribution in [0.15, 0.2) is 41.3 Å². The predicted molar refractivity (Wildman–Crippen MR) is 97.5 cm³/mol. The van der Waals surface area contributed by atoms with Crippen LogP contribution in [-0.4, -0.2) is 47.9 Å². The summed E-state index contributed by atoms with van der Waals surface area (Å²) in [5.74, 6) is 0.655. The topological polar surface area (TPSA) is 76.7 Å². The van der Waals surface area contributed by atoms with Crippen LogP contribution in [0.3, 0.4) is 0 Å². The highest BCUT2D eigenvalue weighted by molar-refractivity contribution is 7.89. The number of methoxy groups -OCH3 is 2. The molecule has 1 saturated heterocycles. The van der Waals surface area contributed by atoms with Crippen molar-refractivity contribution >= 4 is 20.8 Å². The fourth-order valence-corrected chi connectivity index (χ4v) is 4.77. The van der Waals surface area contributed by atoms with Gasteiger partial charge >= 0.3 is 0 Å². The Morgan fingerprint density at radius 2 is 1.92 bits per heavy atom. The Labute approximate surface area is 148 Å². The maximum absolute atomic E-state index is 12.9. The van der Waals surface area contributed by atoms with Crippen LogP contribution < -0.4 is 14.8 Å². The van der Waals surface area contributed by atoms with Gasteiger partial charge in [0.05, 0.1) is 24.2 Å². The third kappa shape index (κ3) is 3.64. The summed E-state index contributed by atoms with van der Waals surface area (Å²) in [6.07, 6.45) is 1.89. The fourth-order valence-electron chi connectivity index (χ4n) is 3.44. The van der Waals surface area contributed by atoms with Crippen molar-refractivity contribution in [3.8, 4) is 5.75 Å². The molecule has 1 fully saturated rings. The van der Waals surface area contributed by atoms with E-state index in [0.717, 1.165) is 24.8 Å². The van der Waals surface area contributed by atoms with Crippen molar-refractivity contribution in [3.63, 3.8) is 0 Å². The SMILES string of the molecule is COCC1(CNS(=O)(=O)c2ccc(OC)c3ccccc23)CCCN1. The second kappa shape index (κ2) is 7.29. The second-order valence-corrected chi connectivity index (χ2v) is 8.12. The van der Waals surface area contributed by atoms with Crippen LogP contribution in [0.2, 0.25) is 0 Å². The highest BCUT2D eigenvalue weighted by Crippen LogP contribution is 2.31. The minimum Gasteiger partial charge on any atom is -0.496 e. The van der Waals surface area contributed by atoms with Crippen LogP contribution in [0.5, 0.6) is 5.75 Å². The van der Waals surface area contributed by atoms with E-state index in [0.29, 0.717) is 24.3 Å². The first-order valence-electron chi connectivity index (χ1n) is 8.31. The van der Waals surface area contributed by atoms with Gasteiger partial charge in [-0.2, -0.15) is 0 Å². The van der Waals surface area contributed by atoms with Gasteiger partial charge in [0.2, 0.25) is 10.0 Å². The van der Waals surface area contributed by atoms with Crippen LogP contribution in [-0.2, 0) is 14.8 Å². The van der Waals surface area contributed by atoms with Crippen molar-refractivity contribution in [3.05, 3.63) is 36.4 Å². The van der Waals surface area contributed by atoms with Gasteiger partial charge in [0.25, 0.3) is 0 Å². The first kappa shape index (κ1) is 18.1. The molecule has 3 rings (SSSR count). The quantitative estimate of drug-likeness (QED) is 0.785. The molecule has 1 aliphatic rings. The van der Waals surface area contributed by atoms with E-state index in [2.05, 4.69) is 10.0 Å². The Hall–Kier alpha value is -1.67. The lowest BCUT2D eigenvalue weighted by atomic mass is 9.99. The number of rotatable bonds is 7. The van der Waals surface area contributed by atoms with Gasteiger partial charge in [0, 0.05) is 24.4 Å². The molecule has 2 N–H and O–H groups in total. The van der Waals surface area contributed by atoms with Gasteiger partial charge in [0.1, 0.15) is 5.75 Å². The minimum absolute atomic E-state index is 0.259. The minimum atomic E-state index is -3.66. The van der Waals surface area contributed by atoms with Gasteiger partial charge in [0.15, 0.2) is 0 Å². The van der Waals surface area contributed by atoms with Crippen molar-refractivity contribution in [2.45, 2.75) is 23.3 Å². The molecule has 1 aliphatic heterocycles. The maximum atomic E-state index is 12.9. The molecule has 1 unspecified atom stereocenters. The number of nitrogens with one attached hydrogen (secondary N) is 2. The number of fused-ring (bicyclic) bond motifs is 1. The highest BCUT2D eigenvalue weighted by atomic mass is 32.2. The third-order valence-electron chi connectivity index (χ3n) is 4.71. The summed E-state index contributed by atoms with van der Waals surface area (Å²) in [6.45, 7) is 1.64. The Morgan fingerprint density at radius 1 is 1.16 bits per heavy atom. The Kier molecular flexibility index (Phi) is 5.29. The molecule has 1 atom stereocenters. The van der Waals surface area contributed by atoms with Crippen molar-refractivity contribution in [2.75, 3.05) is 33.9 Å². The molecule has 2 aromatic carbocycles. The van der Waals surface area contributed by atoms with Gasteiger partial charge in [-0.05, 0) is 31.5 Å². The lowest BCUT2D eigenvalue weighted by molar-refractivity contribution is 0.122. The van der Waals surface area contributed by atoms with E-state index in [1.54, 1.807) is 32.4 Å². The van der Waals surface area contributed by atoms with Crippen LogP contribution in [0.4, 0.5) is 0 Å². The maximum Gasteiger partial charge on any atom is 0.241 e. The zero-order valence-corrected chi connectivity index (χ0v) is 15.4. The largest absolute Gasteiger partial charge is 0.496 e. The molecule has 0 amide bonds. The lowest BCUT2D eigenvalue weighted by Gasteiger charge is -2.29. The van der Waals surface area contributed by atoms with Gasteiger partial charge in [-0.25, -0.2) is 13.1 Å². The standard InChI is InChI=1S/C18H24N2O4S/c1-23-13-18(10-5-11-19-18)12-20-25(21,22)17-9-8-16(24-2)14-6-3-4-7-15(14)17/h3-4,6-9,19-20H,5,10-13H2,1-2H3. The van der Waals surface area contributed by atoms with Crippen molar-refractivity contribution in [1.29, 1.82) is 0 Å². The molecule has 0 aromatic heterocycles. The van der Waals surface area contributed by atoms with Gasteiger partial charge in [-0.3, -0.25) is 0 Å². The first-order chi connectivity index (χ1) is 12.0. The molecule has 0 bridgehead atoms. The molecular formula is C18H24N2O4S. The second-order valence-electron chi connectivity index (χ2n) is 6.38. The van der Waals surface area contributed by atoms with Crippen LogP contribution in [0.25, 0.3) is 10.8 Å². The Bertz CT molecular complexity index is 845. The van der Waals surface area contributed by atoms with E-state index in [1.807, 2.05) is 18.2 Å². The monoisotopic (exact) mass is 364 g/mol. The molecule has 0 saturated carbocycles. The number of sulfonamides is 1. The third-order valence-corrected chi connectivity index (χ3v) is 6.17. The zero-order chi connectivity index (χ0) is 17.9. The van der Waals surface area contributed by atoms with Crippen LogP contribution >= 0.6 is 0 Å². The van der Waals surface area contributed by atoms with E-state index < -0.39 is 10.0 Å². The lowest BCUT2D eigenvalue weighted by Crippen LogP contribution is -2.52. The molecule has 2 aromatic rings. The van der Waals surface area contributed by atoms with Gasteiger partial charge < -0.3 is 14.8 Å².